The minimum atomic E-state index is -4.11. The molecular formula is C23H18ClN5O3S. The topological polar surface area (TPSA) is 129 Å². The molecule has 8 nitrogen and oxygen atoms in total. The zero-order valence-electron chi connectivity index (χ0n) is 17.4. The lowest BCUT2D eigenvalue weighted by Gasteiger charge is -2.20. The summed E-state index contributed by atoms with van der Waals surface area (Å²) in [5.74, 6) is -0.242. The molecular weight excluding hydrogens is 462 g/mol. The van der Waals surface area contributed by atoms with E-state index < -0.39 is 10.0 Å². The van der Waals surface area contributed by atoms with Crippen LogP contribution in [0.1, 0.15) is 16.7 Å². The molecule has 1 aliphatic heterocycles. The Morgan fingerprint density at radius 2 is 1.70 bits per heavy atom. The summed E-state index contributed by atoms with van der Waals surface area (Å²) in [7, 11) is -4.11. The molecule has 10 heteroatoms. The molecule has 0 aliphatic carbocycles. The number of amides is 1. The number of anilines is 2. The average Bonchev–Trinajstić information content (AvgIpc) is 3.15. The number of hydrogen-bond donors (Lipinski definition) is 1. The number of nitrogens with two attached hydrogens (primary N) is 1. The Bertz CT molecular complexity index is 1450. The van der Waals surface area contributed by atoms with Crippen molar-refractivity contribution in [3.8, 4) is 0 Å². The summed E-state index contributed by atoms with van der Waals surface area (Å²) < 4.78 is 26.9. The van der Waals surface area contributed by atoms with Crippen molar-refractivity contribution < 1.29 is 13.2 Å². The highest BCUT2D eigenvalue weighted by Gasteiger charge is 2.34. The molecule has 0 spiro atoms. The van der Waals surface area contributed by atoms with E-state index >= 15 is 0 Å². The summed E-state index contributed by atoms with van der Waals surface area (Å²) in [5.41, 5.74) is 18.9. The predicted molar refractivity (Wildman–Crippen MR) is 129 cm³/mol. The minimum Gasteiger partial charge on any atom is -0.396 e. The molecule has 0 bridgehead atoms. The van der Waals surface area contributed by atoms with Crippen molar-refractivity contribution in [3.63, 3.8) is 0 Å². The van der Waals surface area contributed by atoms with Crippen LogP contribution in [0.15, 0.2) is 76.1 Å². The van der Waals surface area contributed by atoms with E-state index in [2.05, 4.69) is 9.43 Å². The van der Waals surface area contributed by atoms with Crippen molar-refractivity contribution in [2.24, 2.45) is 4.52 Å². The van der Waals surface area contributed by atoms with Gasteiger partial charge in [0.15, 0.2) is 0 Å². The van der Waals surface area contributed by atoms with Gasteiger partial charge in [-0.05, 0) is 52.9 Å². The molecule has 3 aromatic rings. The van der Waals surface area contributed by atoms with Crippen LogP contribution < -0.4 is 10.6 Å². The molecule has 0 saturated carbocycles. The number of azide groups is 1. The molecule has 0 aromatic heterocycles. The van der Waals surface area contributed by atoms with Crippen LogP contribution in [0.4, 0.5) is 11.4 Å². The first-order chi connectivity index (χ1) is 15.7. The molecule has 33 heavy (non-hydrogen) atoms. The van der Waals surface area contributed by atoms with E-state index in [1.54, 1.807) is 29.2 Å². The summed E-state index contributed by atoms with van der Waals surface area (Å²) in [4.78, 5) is 17.4. The van der Waals surface area contributed by atoms with Crippen molar-refractivity contribution in [2.45, 2.75) is 11.8 Å². The van der Waals surface area contributed by atoms with Gasteiger partial charge >= 0.3 is 0 Å². The van der Waals surface area contributed by atoms with E-state index in [1.807, 2.05) is 37.3 Å². The van der Waals surface area contributed by atoms with Crippen LogP contribution in [0.25, 0.3) is 21.6 Å². The summed E-state index contributed by atoms with van der Waals surface area (Å²) >= 11 is 6.33. The van der Waals surface area contributed by atoms with Crippen LogP contribution in [0.5, 0.6) is 0 Å². The Morgan fingerprint density at radius 3 is 2.33 bits per heavy atom. The number of aryl methyl sites for hydroxylation is 1. The second-order valence-electron chi connectivity index (χ2n) is 7.41. The summed E-state index contributed by atoms with van der Waals surface area (Å²) in [6.07, 6.45) is 0. The highest BCUT2D eigenvalue weighted by atomic mass is 35.5. The zero-order valence-corrected chi connectivity index (χ0v) is 19.0. The fraction of sp³-hybridized carbons (Fsp3) is 0.0870. The highest BCUT2D eigenvalue weighted by Crippen LogP contribution is 2.41. The Labute approximate surface area is 195 Å². The third-order valence-electron chi connectivity index (χ3n) is 5.42. The van der Waals surface area contributed by atoms with Gasteiger partial charge in [0.05, 0.1) is 33.4 Å². The number of sulfonamides is 1. The van der Waals surface area contributed by atoms with Gasteiger partial charge in [0.1, 0.15) is 0 Å². The number of nitrogens with zero attached hydrogens (tertiary/aromatic N) is 4. The van der Waals surface area contributed by atoms with Crippen molar-refractivity contribution >= 4 is 50.1 Å². The van der Waals surface area contributed by atoms with Crippen LogP contribution >= 0.6 is 11.6 Å². The average molecular weight is 480 g/mol. The monoisotopic (exact) mass is 479 g/mol. The first-order valence-electron chi connectivity index (χ1n) is 9.81. The number of carbonyl (C=O) groups is 1. The van der Waals surface area contributed by atoms with Gasteiger partial charge in [-0.2, -0.15) is 0 Å². The van der Waals surface area contributed by atoms with E-state index in [9.17, 15) is 13.2 Å². The Morgan fingerprint density at radius 1 is 1.03 bits per heavy atom. The summed E-state index contributed by atoms with van der Waals surface area (Å²) in [5, 5.41) is 0.391. The molecule has 0 fully saturated rings. The van der Waals surface area contributed by atoms with Gasteiger partial charge in [0.2, 0.25) is 0 Å². The fourth-order valence-corrected chi connectivity index (χ4v) is 4.59. The second kappa shape index (κ2) is 8.63. The number of halogens is 1. The number of benzene rings is 3. The molecule has 166 valence electrons. The minimum absolute atomic E-state index is 0.137. The van der Waals surface area contributed by atoms with Gasteiger partial charge in [-0.1, -0.05) is 60.1 Å². The molecule has 2 N–H and O–H groups in total. The summed E-state index contributed by atoms with van der Waals surface area (Å²) in [6, 6.07) is 18.6. The molecule has 0 unspecified atom stereocenters. The fourth-order valence-electron chi connectivity index (χ4n) is 3.76. The Kier molecular flexibility index (Phi) is 5.86. The molecule has 1 amide bonds. The number of carbonyl (C=O) groups excluding carboxylic acids is 1. The van der Waals surface area contributed by atoms with Crippen molar-refractivity contribution in [1.29, 1.82) is 0 Å². The smallest absolute Gasteiger partial charge is 0.264 e. The Hall–Kier alpha value is -3.78. The molecule has 4 rings (SSSR count). The Balaban J connectivity index is 1.83. The molecule has 3 aromatic carbocycles. The molecule has 0 radical (unpaired) electrons. The van der Waals surface area contributed by atoms with E-state index in [-0.39, 0.29) is 17.3 Å². The molecule has 1 aliphatic rings. The maximum atomic E-state index is 13.6. The van der Waals surface area contributed by atoms with Crippen LogP contribution in [-0.2, 0) is 14.8 Å². The van der Waals surface area contributed by atoms with Gasteiger partial charge in [0.25, 0.3) is 15.9 Å². The third kappa shape index (κ3) is 4.05. The molecule has 0 atom stereocenters. The zero-order chi connectivity index (χ0) is 23.8. The van der Waals surface area contributed by atoms with Crippen molar-refractivity contribution in [1.82, 2.24) is 0 Å². The molecule has 0 saturated heterocycles. The largest absolute Gasteiger partial charge is 0.396 e. The predicted octanol–water partition coefficient (Wildman–Crippen LogP) is 5.19. The van der Waals surface area contributed by atoms with Gasteiger partial charge in [0, 0.05) is 9.43 Å². The van der Waals surface area contributed by atoms with Gasteiger partial charge in [-0.15, -0.1) is 0 Å². The summed E-state index contributed by atoms with van der Waals surface area (Å²) in [6.45, 7) is 2.05. The van der Waals surface area contributed by atoms with E-state index in [0.717, 1.165) is 11.1 Å². The second-order valence-corrected chi connectivity index (χ2v) is 9.37. The van der Waals surface area contributed by atoms with E-state index in [0.29, 0.717) is 33.1 Å². The lowest BCUT2D eigenvalue weighted by atomic mass is 9.97. The van der Waals surface area contributed by atoms with Crippen LogP contribution in [0, 0.1) is 6.92 Å². The third-order valence-corrected chi connectivity index (χ3v) is 7.08. The van der Waals surface area contributed by atoms with Crippen molar-refractivity contribution in [3.05, 3.63) is 98.9 Å². The van der Waals surface area contributed by atoms with E-state index in [1.165, 1.54) is 12.1 Å². The maximum absolute atomic E-state index is 13.6. The number of hydrogen-bond acceptors (Lipinski definition) is 4. The lowest BCUT2D eigenvalue weighted by molar-refractivity contribution is -0.112. The number of rotatable bonds is 5. The first-order valence-corrected chi connectivity index (χ1v) is 11.6. The van der Waals surface area contributed by atoms with Crippen LogP contribution in [0.3, 0.4) is 0 Å². The van der Waals surface area contributed by atoms with Crippen LogP contribution in [-0.4, -0.2) is 20.9 Å². The van der Waals surface area contributed by atoms with Gasteiger partial charge in [-0.3, -0.25) is 4.79 Å². The standard InChI is InChI=1S/C23H18ClN5O3S/c1-14-7-12-19(22(25)21(14)24)29-13-18(20(23(29)30)16-5-3-2-4-6-16)15-8-10-17(11-9-15)33(31,32)28-27-26/h2-12H,13,25H2,1H3. The molecule has 1 heterocycles. The maximum Gasteiger partial charge on any atom is 0.264 e. The van der Waals surface area contributed by atoms with Gasteiger partial charge in [-0.25, -0.2) is 8.42 Å². The number of nitrogen functional groups attached to an aromatic ring is 1. The van der Waals surface area contributed by atoms with Crippen LogP contribution in [0.2, 0.25) is 5.02 Å². The normalized spacial score (nSPS) is 13.9. The first kappa shape index (κ1) is 22.4. The van der Waals surface area contributed by atoms with Gasteiger partial charge < -0.3 is 10.6 Å². The lowest BCUT2D eigenvalue weighted by Crippen LogP contribution is -2.27. The quantitative estimate of drug-likeness (QED) is 0.233. The van der Waals surface area contributed by atoms with E-state index in [4.69, 9.17) is 22.9 Å². The highest BCUT2D eigenvalue weighted by molar-refractivity contribution is 7.90. The van der Waals surface area contributed by atoms with Crippen molar-refractivity contribution in [2.75, 3.05) is 17.2 Å². The SMILES string of the molecule is Cc1ccc(N2CC(c3ccc(S(=O)(=O)N=[N+]=[N-])cc3)=C(c3ccccc3)C2=O)c(N)c1Cl.